The van der Waals surface area contributed by atoms with Gasteiger partial charge in [-0.1, -0.05) is 31.2 Å². The minimum absolute atomic E-state index is 0.193. The van der Waals surface area contributed by atoms with Gasteiger partial charge in [0.25, 0.3) is 5.91 Å². The number of carbonyl (C=O) groups is 1. The van der Waals surface area contributed by atoms with Crippen molar-refractivity contribution < 1.29 is 14.3 Å². The van der Waals surface area contributed by atoms with Gasteiger partial charge in [-0.15, -0.1) is 0 Å². The van der Waals surface area contributed by atoms with Crippen LogP contribution in [0.4, 0.5) is 5.69 Å². The Morgan fingerprint density at radius 1 is 1.15 bits per heavy atom. The molecule has 6 heteroatoms. The Kier molecular flexibility index (Phi) is 6.22. The molecule has 0 aliphatic rings. The van der Waals surface area contributed by atoms with Gasteiger partial charge in [0.1, 0.15) is 19.1 Å². The van der Waals surface area contributed by atoms with Crippen LogP contribution in [-0.2, 0) is 24.5 Å². The van der Waals surface area contributed by atoms with Gasteiger partial charge in [0, 0.05) is 12.7 Å². The number of benzene rings is 2. The number of hydrogen-bond acceptors (Lipinski definition) is 4. The Labute approximate surface area is 158 Å². The number of anilines is 1. The summed E-state index contributed by atoms with van der Waals surface area (Å²) in [6.07, 6.45) is 4.31. The second-order valence-corrected chi connectivity index (χ2v) is 6.13. The third kappa shape index (κ3) is 5.18. The second-order valence-electron chi connectivity index (χ2n) is 6.13. The van der Waals surface area contributed by atoms with Gasteiger partial charge in [-0.25, -0.2) is 4.68 Å². The van der Waals surface area contributed by atoms with Crippen molar-refractivity contribution in [3.8, 4) is 5.75 Å². The van der Waals surface area contributed by atoms with E-state index in [1.807, 2.05) is 30.3 Å². The summed E-state index contributed by atoms with van der Waals surface area (Å²) in [5.41, 5.74) is 3.39. The Morgan fingerprint density at radius 3 is 2.70 bits per heavy atom. The van der Waals surface area contributed by atoms with E-state index in [0.717, 1.165) is 17.7 Å². The summed E-state index contributed by atoms with van der Waals surface area (Å²) in [7, 11) is 1.59. The summed E-state index contributed by atoms with van der Waals surface area (Å²) >= 11 is 0. The van der Waals surface area contributed by atoms with Gasteiger partial charge < -0.3 is 14.8 Å². The van der Waals surface area contributed by atoms with Gasteiger partial charge in [-0.05, 0) is 41.8 Å². The van der Waals surface area contributed by atoms with Crippen molar-refractivity contribution in [3.63, 3.8) is 0 Å². The number of aromatic nitrogens is 2. The van der Waals surface area contributed by atoms with E-state index in [0.29, 0.717) is 24.6 Å². The third-order valence-corrected chi connectivity index (χ3v) is 4.08. The highest BCUT2D eigenvalue weighted by molar-refractivity contribution is 6.04. The molecule has 0 aliphatic carbocycles. The van der Waals surface area contributed by atoms with Crippen molar-refractivity contribution in [3.05, 3.63) is 77.6 Å². The Balaban J connectivity index is 1.60. The van der Waals surface area contributed by atoms with Crippen LogP contribution in [0.25, 0.3) is 0 Å². The predicted octanol–water partition coefficient (Wildman–Crippen LogP) is 3.88. The molecule has 3 aromatic rings. The van der Waals surface area contributed by atoms with Crippen LogP contribution in [0.15, 0.2) is 60.9 Å². The third-order valence-electron chi connectivity index (χ3n) is 4.08. The first kappa shape index (κ1) is 18.7. The number of rotatable bonds is 8. The highest BCUT2D eigenvalue weighted by Gasteiger charge is 2.09. The van der Waals surface area contributed by atoms with Crippen LogP contribution in [0.1, 0.15) is 28.4 Å². The van der Waals surface area contributed by atoms with Crippen LogP contribution in [0, 0.1) is 0 Å². The molecule has 0 unspecified atom stereocenters. The van der Waals surface area contributed by atoms with E-state index < -0.39 is 0 Å². The highest BCUT2D eigenvalue weighted by Crippen LogP contribution is 2.16. The summed E-state index contributed by atoms with van der Waals surface area (Å²) in [4.78, 5) is 12.5. The lowest BCUT2D eigenvalue weighted by atomic mass is 10.1. The first-order chi connectivity index (χ1) is 13.2. The molecule has 3 rings (SSSR count). The molecule has 0 saturated heterocycles. The number of amides is 1. The minimum atomic E-state index is -0.193. The van der Waals surface area contributed by atoms with E-state index in [-0.39, 0.29) is 5.91 Å². The summed E-state index contributed by atoms with van der Waals surface area (Å²) in [5.74, 6) is 0.619. The maximum Gasteiger partial charge on any atom is 0.255 e. The summed E-state index contributed by atoms with van der Waals surface area (Å²) < 4.78 is 12.4. The molecule has 0 spiro atoms. The number of aryl methyl sites for hydroxylation is 1. The van der Waals surface area contributed by atoms with Gasteiger partial charge >= 0.3 is 0 Å². The largest absolute Gasteiger partial charge is 0.489 e. The zero-order valence-electron chi connectivity index (χ0n) is 15.5. The van der Waals surface area contributed by atoms with Crippen molar-refractivity contribution in [1.82, 2.24) is 9.78 Å². The number of hydrogen-bond donors (Lipinski definition) is 1. The highest BCUT2D eigenvalue weighted by atomic mass is 16.5. The van der Waals surface area contributed by atoms with E-state index in [4.69, 9.17) is 9.47 Å². The quantitative estimate of drug-likeness (QED) is 0.658. The number of nitrogens with one attached hydrogen (secondary N) is 1. The monoisotopic (exact) mass is 365 g/mol. The van der Waals surface area contributed by atoms with Crippen molar-refractivity contribution in [2.75, 3.05) is 12.4 Å². The van der Waals surface area contributed by atoms with Gasteiger partial charge in [-0.2, -0.15) is 5.10 Å². The maximum atomic E-state index is 12.5. The van der Waals surface area contributed by atoms with Gasteiger partial charge in [0.05, 0.1) is 18.1 Å². The van der Waals surface area contributed by atoms with E-state index >= 15 is 0 Å². The SMILES string of the molecule is CCc1ccc(OCc2cccc(C(=O)Nc3cnn(COC)c3)c2)cc1. The molecule has 0 atom stereocenters. The first-order valence-corrected chi connectivity index (χ1v) is 8.81. The molecule has 6 nitrogen and oxygen atoms in total. The molecular formula is C21H23N3O3. The topological polar surface area (TPSA) is 65.4 Å². The standard InChI is InChI=1S/C21H23N3O3/c1-3-16-7-9-20(10-8-16)27-14-17-5-4-6-18(11-17)21(25)23-19-12-22-24(13-19)15-26-2/h4-13H,3,14-15H2,1-2H3,(H,23,25). The maximum absolute atomic E-state index is 12.5. The summed E-state index contributed by atoms with van der Waals surface area (Å²) in [5, 5.41) is 6.93. The lowest BCUT2D eigenvalue weighted by Gasteiger charge is -2.09. The van der Waals surface area contributed by atoms with Crippen LogP contribution in [0.5, 0.6) is 5.75 Å². The number of carbonyl (C=O) groups excluding carboxylic acids is 1. The lowest BCUT2D eigenvalue weighted by Crippen LogP contribution is -2.12. The molecule has 1 aromatic heterocycles. The van der Waals surface area contributed by atoms with Crippen molar-refractivity contribution in [2.45, 2.75) is 26.7 Å². The number of methoxy groups -OCH3 is 1. The van der Waals surface area contributed by atoms with Crippen LogP contribution in [0.2, 0.25) is 0 Å². The van der Waals surface area contributed by atoms with E-state index in [9.17, 15) is 4.79 Å². The zero-order chi connectivity index (χ0) is 19.1. The smallest absolute Gasteiger partial charge is 0.255 e. The van der Waals surface area contributed by atoms with Gasteiger partial charge in [-0.3, -0.25) is 4.79 Å². The molecule has 0 radical (unpaired) electrons. The van der Waals surface area contributed by atoms with Crippen LogP contribution < -0.4 is 10.1 Å². The van der Waals surface area contributed by atoms with Crippen molar-refractivity contribution in [2.24, 2.45) is 0 Å². The first-order valence-electron chi connectivity index (χ1n) is 8.81. The minimum Gasteiger partial charge on any atom is -0.489 e. The molecule has 140 valence electrons. The van der Waals surface area contributed by atoms with Crippen LogP contribution in [0.3, 0.4) is 0 Å². The lowest BCUT2D eigenvalue weighted by molar-refractivity contribution is 0.102. The van der Waals surface area contributed by atoms with Crippen molar-refractivity contribution >= 4 is 11.6 Å². The molecule has 0 saturated carbocycles. The fourth-order valence-electron chi connectivity index (χ4n) is 2.62. The molecule has 0 fully saturated rings. The predicted molar refractivity (Wildman–Crippen MR) is 104 cm³/mol. The normalized spacial score (nSPS) is 10.6. The average Bonchev–Trinajstić information content (AvgIpc) is 3.14. The van der Waals surface area contributed by atoms with Gasteiger partial charge in [0.2, 0.25) is 0 Å². The summed E-state index contributed by atoms with van der Waals surface area (Å²) in [6, 6.07) is 15.4. The second kappa shape index (κ2) is 9.00. The van der Waals surface area contributed by atoms with Gasteiger partial charge in [0.15, 0.2) is 0 Å². The molecule has 1 amide bonds. The molecule has 27 heavy (non-hydrogen) atoms. The molecule has 2 aromatic carbocycles. The molecule has 1 heterocycles. The van der Waals surface area contributed by atoms with E-state index in [1.54, 1.807) is 30.3 Å². The Bertz CT molecular complexity index is 888. The van der Waals surface area contributed by atoms with E-state index in [2.05, 4.69) is 29.5 Å². The Hall–Kier alpha value is -3.12. The average molecular weight is 365 g/mol. The molecule has 0 bridgehead atoms. The fourth-order valence-corrected chi connectivity index (χ4v) is 2.62. The molecular weight excluding hydrogens is 342 g/mol. The van der Waals surface area contributed by atoms with Crippen LogP contribution >= 0.6 is 0 Å². The number of nitrogens with zero attached hydrogens (tertiary/aromatic N) is 2. The Morgan fingerprint density at radius 2 is 1.96 bits per heavy atom. The van der Waals surface area contributed by atoms with Crippen molar-refractivity contribution in [1.29, 1.82) is 0 Å². The van der Waals surface area contributed by atoms with E-state index in [1.165, 1.54) is 5.56 Å². The van der Waals surface area contributed by atoms with Crippen LogP contribution in [-0.4, -0.2) is 22.8 Å². The zero-order valence-corrected chi connectivity index (χ0v) is 15.5. The molecule has 1 N–H and O–H groups in total. The summed E-state index contributed by atoms with van der Waals surface area (Å²) in [6.45, 7) is 2.86. The molecule has 0 aliphatic heterocycles. The fraction of sp³-hybridized carbons (Fsp3) is 0.238. The number of ether oxygens (including phenoxy) is 2.